The van der Waals surface area contributed by atoms with E-state index in [1.54, 1.807) is 27.4 Å². The Morgan fingerprint density at radius 2 is 1.33 bits per heavy atom. The molecule has 102 valence electrons. The number of methoxy groups -OCH3 is 3. The first-order valence-corrected chi connectivity index (χ1v) is 5.90. The van der Waals surface area contributed by atoms with Gasteiger partial charge in [0.1, 0.15) is 5.75 Å². The van der Waals surface area contributed by atoms with Crippen LogP contribution in [0.15, 0.2) is 12.1 Å². The maximum atomic E-state index is 6.29. The summed E-state index contributed by atoms with van der Waals surface area (Å²) in [6.45, 7) is 6.27. The van der Waals surface area contributed by atoms with E-state index >= 15 is 0 Å². The maximum absolute atomic E-state index is 6.29. The van der Waals surface area contributed by atoms with Crippen molar-refractivity contribution in [2.45, 2.75) is 26.8 Å². The van der Waals surface area contributed by atoms with Gasteiger partial charge >= 0.3 is 0 Å². The summed E-state index contributed by atoms with van der Waals surface area (Å²) in [5, 5.41) is 0. The molecule has 4 nitrogen and oxygen atoms in total. The molecule has 4 heteroatoms. The van der Waals surface area contributed by atoms with Gasteiger partial charge in [-0.05, 0) is 11.5 Å². The number of benzene rings is 1. The average Bonchev–Trinajstić information content (AvgIpc) is 2.34. The predicted octanol–water partition coefficient (Wildman–Crippen LogP) is 2.76. The van der Waals surface area contributed by atoms with Crippen molar-refractivity contribution in [3.05, 3.63) is 17.7 Å². The molecule has 0 bridgehead atoms. The Morgan fingerprint density at radius 1 is 0.889 bits per heavy atom. The maximum Gasteiger partial charge on any atom is 0.164 e. The van der Waals surface area contributed by atoms with Crippen molar-refractivity contribution in [1.82, 2.24) is 0 Å². The standard InChI is InChI=1S/C14H23NO3/c1-14(2,3)13(15)9-7-11(17-5)12(18-6)8-10(9)16-4/h7-8,13H,15H2,1-6H3/t13-/m1/s1. The molecular weight excluding hydrogens is 230 g/mol. The Balaban J connectivity index is 3.34. The van der Waals surface area contributed by atoms with Gasteiger partial charge in [0, 0.05) is 17.7 Å². The van der Waals surface area contributed by atoms with Crippen molar-refractivity contribution in [3.8, 4) is 17.2 Å². The lowest BCUT2D eigenvalue weighted by Crippen LogP contribution is -2.26. The second-order valence-corrected chi connectivity index (χ2v) is 5.29. The summed E-state index contributed by atoms with van der Waals surface area (Å²) in [7, 11) is 4.83. The van der Waals surface area contributed by atoms with Gasteiger partial charge in [0.05, 0.1) is 21.3 Å². The lowest BCUT2D eigenvalue weighted by molar-refractivity contribution is 0.308. The fourth-order valence-corrected chi connectivity index (χ4v) is 1.76. The smallest absolute Gasteiger partial charge is 0.164 e. The van der Waals surface area contributed by atoms with Crippen LogP contribution in [0, 0.1) is 5.41 Å². The molecule has 0 heterocycles. The average molecular weight is 253 g/mol. The summed E-state index contributed by atoms with van der Waals surface area (Å²) >= 11 is 0. The molecule has 1 aromatic rings. The first-order chi connectivity index (χ1) is 8.35. The molecule has 1 rings (SSSR count). The van der Waals surface area contributed by atoms with Crippen LogP contribution in [0.2, 0.25) is 0 Å². The molecule has 0 unspecified atom stereocenters. The minimum absolute atomic E-state index is 0.0626. The van der Waals surface area contributed by atoms with E-state index in [0.29, 0.717) is 11.5 Å². The molecule has 0 aliphatic heterocycles. The molecular formula is C14H23NO3. The number of nitrogens with two attached hydrogens (primary N) is 1. The van der Waals surface area contributed by atoms with Crippen LogP contribution in [0.25, 0.3) is 0 Å². The molecule has 0 aromatic heterocycles. The highest BCUT2D eigenvalue weighted by Crippen LogP contribution is 2.41. The van der Waals surface area contributed by atoms with Crippen LogP contribution >= 0.6 is 0 Å². The van der Waals surface area contributed by atoms with Crippen molar-refractivity contribution in [1.29, 1.82) is 0 Å². The topological polar surface area (TPSA) is 53.7 Å². The summed E-state index contributed by atoms with van der Waals surface area (Å²) < 4.78 is 15.9. The molecule has 0 aliphatic carbocycles. The fourth-order valence-electron chi connectivity index (χ4n) is 1.76. The Labute approximate surface area is 109 Å². The van der Waals surface area contributed by atoms with E-state index in [2.05, 4.69) is 20.8 Å². The first-order valence-electron chi connectivity index (χ1n) is 5.90. The third-order valence-electron chi connectivity index (χ3n) is 3.00. The Kier molecular flexibility index (Phi) is 4.46. The lowest BCUT2D eigenvalue weighted by Gasteiger charge is -2.29. The molecule has 2 N–H and O–H groups in total. The molecule has 1 aromatic carbocycles. The van der Waals surface area contributed by atoms with Gasteiger partial charge in [-0.3, -0.25) is 0 Å². The summed E-state index contributed by atoms with van der Waals surface area (Å²) in [5.74, 6) is 2.02. The van der Waals surface area contributed by atoms with E-state index in [0.717, 1.165) is 11.3 Å². The molecule has 0 spiro atoms. The molecule has 0 fully saturated rings. The van der Waals surface area contributed by atoms with E-state index in [-0.39, 0.29) is 11.5 Å². The highest BCUT2D eigenvalue weighted by atomic mass is 16.5. The summed E-state index contributed by atoms with van der Waals surface area (Å²) in [6, 6.07) is 3.54. The molecule has 1 atom stereocenters. The number of rotatable bonds is 4. The predicted molar refractivity (Wildman–Crippen MR) is 72.5 cm³/mol. The van der Waals surface area contributed by atoms with Crippen molar-refractivity contribution in [2.24, 2.45) is 11.1 Å². The van der Waals surface area contributed by atoms with Crippen molar-refractivity contribution >= 4 is 0 Å². The normalized spacial score (nSPS) is 13.1. The highest BCUT2D eigenvalue weighted by molar-refractivity contribution is 5.52. The second-order valence-electron chi connectivity index (χ2n) is 5.29. The van der Waals surface area contributed by atoms with Gasteiger partial charge in [0.25, 0.3) is 0 Å². The lowest BCUT2D eigenvalue weighted by atomic mass is 9.82. The third-order valence-corrected chi connectivity index (χ3v) is 3.00. The monoisotopic (exact) mass is 253 g/mol. The van der Waals surface area contributed by atoms with Gasteiger partial charge in [-0.1, -0.05) is 20.8 Å². The SMILES string of the molecule is COc1cc(OC)c([C@@H](N)C(C)(C)C)cc1OC. The Hall–Kier alpha value is -1.42. The molecule has 0 amide bonds. The van der Waals surface area contributed by atoms with Crippen LogP contribution in [-0.4, -0.2) is 21.3 Å². The van der Waals surface area contributed by atoms with Crippen LogP contribution in [0.4, 0.5) is 0 Å². The number of ether oxygens (including phenoxy) is 3. The Bertz CT molecular complexity index is 410. The molecule has 0 saturated carbocycles. The minimum atomic E-state index is -0.146. The zero-order valence-electron chi connectivity index (χ0n) is 12.0. The molecule has 18 heavy (non-hydrogen) atoms. The highest BCUT2D eigenvalue weighted by Gasteiger charge is 2.26. The molecule has 0 saturated heterocycles. The van der Waals surface area contributed by atoms with E-state index in [9.17, 15) is 0 Å². The number of hydrogen-bond acceptors (Lipinski definition) is 4. The van der Waals surface area contributed by atoms with Crippen LogP contribution in [0.1, 0.15) is 32.4 Å². The molecule has 0 aliphatic rings. The van der Waals surface area contributed by atoms with Gasteiger partial charge in [0.2, 0.25) is 0 Å². The van der Waals surface area contributed by atoms with E-state index < -0.39 is 0 Å². The summed E-state index contributed by atoms with van der Waals surface area (Å²) in [6.07, 6.45) is 0. The first kappa shape index (κ1) is 14.6. The van der Waals surface area contributed by atoms with Crippen molar-refractivity contribution in [2.75, 3.05) is 21.3 Å². The van der Waals surface area contributed by atoms with Crippen molar-refractivity contribution in [3.63, 3.8) is 0 Å². The van der Waals surface area contributed by atoms with E-state index in [4.69, 9.17) is 19.9 Å². The van der Waals surface area contributed by atoms with Gasteiger partial charge in [0.15, 0.2) is 11.5 Å². The van der Waals surface area contributed by atoms with E-state index in [1.807, 2.05) is 6.07 Å². The number of hydrogen-bond donors (Lipinski definition) is 1. The van der Waals surface area contributed by atoms with E-state index in [1.165, 1.54) is 0 Å². The van der Waals surface area contributed by atoms with Gasteiger partial charge in [-0.25, -0.2) is 0 Å². The quantitative estimate of drug-likeness (QED) is 0.896. The van der Waals surface area contributed by atoms with Crippen LogP contribution in [-0.2, 0) is 0 Å². The van der Waals surface area contributed by atoms with Gasteiger partial charge < -0.3 is 19.9 Å². The summed E-state index contributed by atoms with van der Waals surface area (Å²) in [4.78, 5) is 0. The fraction of sp³-hybridized carbons (Fsp3) is 0.571. The Morgan fingerprint density at radius 3 is 1.72 bits per heavy atom. The minimum Gasteiger partial charge on any atom is -0.496 e. The third kappa shape index (κ3) is 2.88. The largest absolute Gasteiger partial charge is 0.496 e. The van der Waals surface area contributed by atoms with Crippen LogP contribution < -0.4 is 19.9 Å². The molecule has 0 radical (unpaired) electrons. The van der Waals surface area contributed by atoms with Gasteiger partial charge in [-0.15, -0.1) is 0 Å². The second kappa shape index (κ2) is 5.48. The zero-order chi connectivity index (χ0) is 13.9. The zero-order valence-corrected chi connectivity index (χ0v) is 12.0. The van der Waals surface area contributed by atoms with Crippen LogP contribution in [0.5, 0.6) is 17.2 Å². The van der Waals surface area contributed by atoms with Crippen molar-refractivity contribution < 1.29 is 14.2 Å². The summed E-state index contributed by atoms with van der Waals surface area (Å²) in [5.41, 5.74) is 7.14. The van der Waals surface area contributed by atoms with Crippen LogP contribution in [0.3, 0.4) is 0 Å². The van der Waals surface area contributed by atoms with Gasteiger partial charge in [-0.2, -0.15) is 0 Å².